The maximum Gasteiger partial charge on any atom is 0.220 e. The van der Waals surface area contributed by atoms with Crippen molar-refractivity contribution in [3.63, 3.8) is 0 Å². The first kappa shape index (κ1) is 16.0. The molecule has 0 spiro atoms. The Morgan fingerprint density at radius 1 is 1.57 bits per heavy atom. The van der Waals surface area contributed by atoms with Gasteiger partial charge in [0, 0.05) is 38.7 Å². The summed E-state index contributed by atoms with van der Waals surface area (Å²) < 4.78 is 7.19. The molecule has 0 saturated carbocycles. The first-order chi connectivity index (χ1) is 9.83. The van der Waals surface area contributed by atoms with Gasteiger partial charge in [-0.2, -0.15) is 5.10 Å². The van der Waals surface area contributed by atoms with Crippen molar-refractivity contribution in [3.05, 3.63) is 17.0 Å². The van der Waals surface area contributed by atoms with Gasteiger partial charge in [-0.05, 0) is 32.8 Å². The largest absolute Gasteiger partial charge is 0.385 e. The van der Waals surface area contributed by atoms with Crippen LogP contribution in [0.5, 0.6) is 0 Å². The zero-order valence-electron chi connectivity index (χ0n) is 13.3. The number of aryl methyl sites for hydroxylation is 2. The Balaban J connectivity index is 1.83. The SMILES string of the molecule is Cc1nn(C)c(C)c1CCC(=O)NCC1(O)CCOC1C. The molecule has 1 fully saturated rings. The molecule has 21 heavy (non-hydrogen) atoms. The summed E-state index contributed by atoms with van der Waals surface area (Å²) in [5.74, 6) is -0.0508. The molecule has 0 aliphatic carbocycles. The second-order valence-electron chi connectivity index (χ2n) is 5.92. The maximum absolute atomic E-state index is 12.0. The molecule has 2 heterocycles. The molecule has 1 aromatic heterocycles. The number of carbonyl (C=O) groups is 1. The lowest BCUT2D eigenvalue weighted by Gasteiger charge is -2.26. The van der Waals surface area contributed by atoms with Crippen molar-refractivity contribution in [1.29, 1.82) is 0 Å². The minimum Gasteiger partial charge on any atom is -0.385 e. The highest BCUT2D eigenvalue weighted by Gasteiger charge is 2.39. The molecule has 2 atom stereocenters. The highest BCUT2D eigenvalue weighted by Crippen LogP contribution is 2.24. The van der Waals surface area contributed by atoms with E-state index in [4.69, 9.17) is 4.74 Å². The molecule has 0 aromatic carbocycles. The van der Waals surface area contributed by atoms with Crippen LogP contribution < -0.4 is 5.32 Å². The van der Waals surface area contributed by atoms with Gasteiger partial charge in [0.05, 0.1) is 11.8 Å². The number of hydrogen-bond donors (Lipinski definition) is 2. The van der Waals surface area contributed by atoms with Crippen LogP contribution in [0.15, 0.2) is 0 Å². The molecular formula is C15H25N3O3. The van der Waals surface area contributed by atoms with Gasteiger partial charge in [0.25, 0.3) is 0 Å². The van der Waals surface area contributed by atoms with Gasteiger partial charge < -0.3 is 15.2 Å². The van der Waals surface area contributed by atoms with Crippen molar-refractivity contribution >= 4 is 5.91 Å². The molecule has 2 unspecified atom stereocenters. The topological polar surface area (TPSA) is 76.4 Å². The van der Waals surface area contributed by atoms with E-state index in [2.05, 4.69) is 10.4 Å². The molecule has 0 radical (unpaired) electrons. The molecule has 1 saturated heterocycles. The van der Waals surface area contributed by atoms with E-state index in [-0.39, 0.29) is 18.6 Å². The summed E-state index contributed by atoms with van der Waals surface area (Å²) >= 11 is 0. The van der Waals surface area contributed by atoms with Gasteiger partial charge in [-0.25, -0.2) is 0 Å². The monoisotopic (exact) mass is 295 g/mol. The Bertz CT molecular complexity index is 526. The van der Waals surface area contributed by atoms with Crippen LogP contribution in [0.25, 0.3) is 0 Å². The summed E-state index contributed by atoms with van der Waals surface area (Å²) in [7, 11) is 1.91. The van der Waals surface area contributed by atoms with Crippen molar-refractivity contribution in [2.45, 2.75) is 51.7 Å². The summed E-state index contributed by atoms with van der Waals surface area (Å²) in [5.41, 5.74) is 2.26. The molecule has 1 aliphatic rings. The summed E-state index contributed by atoms with van der Waals surface area (Å²) in [6.07, 6.45) is 1.40. The standard InChI is InChI=1S/C15H25N3O3/c1-10-13(11(2)18(4)17-10)5-6-14(19)16-9-15(20)7-8-21-12(15)3/h12,20H,5-9H2,1-4H3,(H,16,19). The van der Waals surface area contributed by atoms with Crippen LogP contribution in [0.4, 0.5) is 0 Å². The average Bonchev–Trinajstić information content (AvgIpc) is 2.88. The molecule has 2 rings (SSSR count). The average molecular weight is 295 g/mol. The molecule has 6 heteroatoms. The van der Waals surface area contributed by atoms with E-state index in [9.17, 15) is 9.90 Å². The van der Waals surface area contributed by atoms with E-state index < -0.39 is 5.60 Å². The number of ether oxygens (including phenoxy) is 1. The second-order valence-corrected chi connectivity index (χ2v) is 5.92. The Labute approximate surface area is 125 Å². The third-order valence-corrected chi connectivity index (χ3v) is 4.51. The van der Waals surface area contributed by atoms with E-state index in [1.54, 1.807) is 0 Å². The van der Waals surface area contributed by atoms with Crippen LogP contribution in [0.1, 0.15) is 36.7 Å². The van der Waals surface area contributed by atoms with E-state index in [1.165, 1.54) is 0 Å². The molecule has 2 N–H and O–H groups in total. The minimum absolute atomic E-state index is 0.0508. The molecule has 1 aromatic rings. The van der Waals surface area contributed by atoms with Crippen LogP contribution in [0, 0.1) is 13.8 Å². The Morgan fingerprint density at radius 3 is 2.81 bits per heavy atom. The van der Waals surface area contributed by atoms with Gasteiger partial charge in [-0.1, -0.05) is 0 Å². The van der Waals surface area contributed by atoms with Gasteiger partial charge in [0.2, 0.25) is 5.91 Å². The van der Waals surface area contributed by atoms with E-state index in [0.29, 0.717) is 25.9 Å². The smallest absolute Gasteiger partial charge is 0.220 e. The third-order valence-electron chi connectivity index (χ3n) is 4.51. The quantitative estimate of drug-likeness (QED) is 0.835. The fourth-order valence-corrected chi connectivity index (χ4v) is 2.76. The van der Waals surface area contributed by atoms with E-state index in [0.717, 1.165) is 17.0 Å². The van der Waals surface area contributed by atoms with Crippen molar-refractivity contribution < 1.29 is 14.6 Å². The van der Waals surface area contributed by atoms with Gasteiger partial charge >= 0.3 is 0 Å². The maximum atomic E-state index is 12.0. The highest BCUT2D eigenvalue weighted by atomic mass is 16.5. The van der Waals surface area contributed by atoms with Crippen molar-refractivity contribution in [1.82, 2.24) is 15.1 Å². The summed E-state index contributed by atoms with van der Waals surface area (Å²) in [4.78, 5) is 12.0. The Kier molecular flexibility index (Phi) is 4.68. The lowest BCUT2D eigenvalue weighted by atomic mass is 9.96. The van der Waals surface area contributed by atoms with E-state index in [1.807, 2.05) is 32.5 Å². The summed E-state index contributed by atoms with van der Waals surface area (Å²) in [5, 5.41) is 17.5. The lowest BCUT2D eigenvalue weighted by Crippen LogP contribution is -2.47. The summed E-state index contributed by atoms with van der Waals surface area (Å²) in [6.45, 7) is 6.59. The number of rotatable bonds is 5. The zero-order valence-corrected chi connectivity index (χ0v) is 13.3. The van der Waals surface area contributed by atoms with Crippen LogP contribution >= 0.6 is 0 Å². The Morgan fingerprint density at radius 2 is 2.29 bits per heavy atom. The first-order valence-corrected chi connectivity index (χ1v) is 7.43. The van der Waals surface area contributed by atoms with Gasteiger partial charge in [0.15, 0.2) is 0 Å². The second kappa shape index (κ2) is 6.15. The number of carbonyl (C=O) groups excluding carboxylic acids is 1. The number of hydrogen-bond acceptors (Lipinski definition) is 4. The van der Waals surface area contributed by atoms with E-state index >= 15 is 0 Å². The van der Waals surface area contributed by atoms with Crippen LogP contribution in [0.3, 0.4) is 0 Å². The molecule has 0 bridgehead atoms. The number of aliphatic hydroxyl groups is 1. The van der Waals surface area contributed by atoms with Crippen molar-refractivity contribution in [2.24, 2.45) is 7.05 Å². The van der Waals surface area contributed by atoms with Crippen LogP contribution in [0.2, 0.25) is 0 Å². The predicted molar refractivity (Wildman–Crippen MR) is 79.0 cm³/mol. The zero-order chi connectivity index (χ0) is 15.6. The molecule has 118 valence electrons. The predicted octanol–water partition coefficient (Wildman–Crippen LogP) is 0.626. The number of nitrogens with one attached hydrogen (secondary N) is 1. The van der Waals surface area contributed by atoms with Crippen molar-refractivity contribution in [2.75, 3.05) is 13.2 Å². The van der Waals surface area contributed by atoms with Crippen LogP contribution in [-0.2, 0) is 23.0 Å². The molecule has 6 nitrogen and oxygen atoms in total. The lowest BCUT2D eigenvalue weighted by molar-refractivity contribution is -0.122. The fourth-order valence-electron chi connectivity index (χ4n) is 2.76. The molecule has 1 amide bonds. The summed E-state index contributed by atoms with van der Waals surface area (Å²) in [6, 6.07) is 0. The van der Waals surface area contributed by atoms with Crippen LogP contribution in [-0.4, -0.2) is 45.7 Å². The first-order valence-electron chi connectivity index (χ1n) is 7.43. The highest BCUT2D eigenvalue weighted by molar-refractivity contribution is 5.76. The van der Waals surface area contributed by atoms with Gasteiger partial charge in [0.1, 0.15) is 5.60 Å². The molecule has 1 aliphatic heterocycles. The molecular weight excluding hydrogens is 270 g/mol. The normalized spacial score (nSPS) is 25.3. The number of nitrogens with zero attached hydrogens (tertiary/aromatic N) is 2. The van der Waals surface area contributed by atoms with Crippen molar-refractivity contribution in [3.8, 4) is 0 Å². The fraction of sp³-hybridized carbons (Fsp3) is 0.733. The third kappa shape index (κ3) is 3.44. The minimum atomic E-state index is -0.935. The van der Waals surface area contributed by atoms with Gasteiger partial charge in [-0.3, -0.25) is 9.48 Å². The number of aromatic nitrogens is 2. The van der Waals surface area contributed by atoms with Gasteiger partial charge in [-0.15, -0.1) is 0 Å². The Hall–Kier alpha value is -1.40. The number of amides is 1.